The van der Waals surface area contributed by atoms with Crippen molar-refractivity contribution in [3.8, 4) is 17.1 Å². The number of carbonyl (C=O) groups excluding carboxylic acids is 1. The largest absolute Gasteiger partial charge is 0.420 e. The summed E-state index contributed by atoms with van der Waals surface area (Å²) in [5.41, 5.74) is -0.393. The average molecular weight is 452 g/mol. The normalized spacial score (nSPS) is 11.3. The number of hydrogen-bond donors (Lipinski definition) is 1. The summed E-state index contributed by atoms with van der Waals surface area (Å²) in [6.45, 7) is 1.74. The van der Waals surface area contributed by atoms with Gasteiger partial charge in [-0.2, -0.15) is 0 Å². The monoisotopic (exact) mass is 452 g/mol. The maximum Gasteiger partial charge on any atom is 0.420 e. The summed E-state index contributed by atoms with van der Waals surface area (Å²) in [7, 11) is -2.13. The van der Waals surface area contributed by atoms with Gasteiger partial charge in [0.2, 0.25) is 10.0 Å². The molecule has 3 aromatic rings. The number of sulfonamides is 1. The second kappa shape index (κ2) is 8.63. The van der Waals surface area contributed by atoms with Crippen LogP contribution in [-0.2, 0) is 17.1 Å². The lowest BCUT2D eigenvalue weighted by molar-refractivity contribution is 0.207. The van der Waals surface area contributed by atoms with Crippen LogP contribution in [0.25, 0.3) is 11.4 Å². The lowest BCUT2D eigenvalue weighted by atomic mass is 10.2. The number of anilines is 2. The summed E-state index contributed by atoms with van der Waals surface area (Å²) in [5, 5.41) is 7.71. The summed E-state index contributed by atoms with van der Waals surface area (Å²) >= 11 is 0. The van der Waals surface area contributed by atoms with Crippen molar-refractivity contribution in [1.82, 2.24) is 20.0 Å². The van der Waals surface area contributed by atoms with Crippen molar-refractivity contribution in [1.29, 1.82) is 0 Å². The zero-order chi connectivity index (χ0) is 22.8. The molecule has 3 rings (SSSR count). The molecule has 0 aliphatic heterocycles. The summed E-state index contributed by atoms with van der Waals surface area (Å²) in [6, 6.07) is 5.98. The van der Waals surface area contributed by atoms with Crippen LogP contribution in [0.3, 0.4) is 0 Å². The molecule has 0 spiro atoms. The van der Waals surface area contributed by atoms with Gasteiger partial charge in [0.05, 0.1) is 18.1 Å². The number of benzene rings is 1. The van der Waals surface area contributed by atoms with Gasteiger partial charge in [0.25, 0.3) is 0 Å². The quantitative estimate of drug-likeness (QED) is 0.610. The third kappa shape index (κ3) is 5.12. The van der Waals surface area contributed by atoms with Gasteiger partial charge in [-0.05, 0) is 19.1 Å². The van der Waals surface area contributed by atoms with Crippen LogP contribution in [0.1, 0.15) is 6.92 Å². The van der Waals surface area contributed by atoms with Crippen molar-refractivity contribution in [2.24, 2.45) is 7.05 Å². The molecular formula is C18H18F2N6O4S. The summed E-state index contributed by atoms with van der Waals surface area (Å²) in [6.07, 6.45) is 1.16. The van der Waals surface area contributed by atoms with Crippen molar-refractivity contribution in [2.75, 3.05) is 22.4 Å². The number of ether oxygens (including phenoxy) is 1. The van der Waals surface area contributed by atoms with E-state index in [4.69, 9.17) is 4.74 Å². The molecule has 13 heteroatoms. The fraction of sp³-hybridized carbons (Fsp3) is 0.222. The minimum atomic E-state index is -3.62. The number of rotatable bonds is 6. The van der Waals surface area contributed by atoms with Gasteiger partial charge in [0, 0.05) is 25.7 Å². The topological polar surface area (TPSA) is 119 Å². The molecule has 10 nitrogen and oxygen atoms in total. The van der Waals surface area contributed by atoms with Gasteiger partial charge >= 0.3 is 6.09 Å². The summed E-state index contributed by atoms with van der Waals surface area (Å²) in [4.78, 5) is 17.8. The lowest BCUT2D eigenvalue weighted by Crippen LogP contribution is -2.35. The van der Waals surface area contributed by atoms with Gasteiger partial charge in [0.1, 0.15) is 17.3 Å². The number of hydrogen-bond acceptors (Lipinski definition) is 7. The van der Waals surface area contributed by atoms with E-state index in [1.54, 1.807) is 6.92 Å². The van der Waals surface area contributed by atoms with Crippen LogP contribution in [0.2, 0.25) is 0 Å². The van der Waals surface area contributed by atoms with Crippen LogP contribution < -0.4 is 14.4 Å². The molecule has 0 unspecified atom stereocenters. The molecule has 0 radical (unpaired) electrons. The van der Waals surface area contributed by atoms with E-state index >= 15 is 0 Å². The summed E-state index contributed by atoms with van der Waals surface area (Å²) < 4.78 is 59.3. The molecule has 1 amide bonds. The zero-order valence-electron chi connectivity index (χ0n) is 16.7. The maximum atomic E-state index is 14.7. The number of nitrogens with zero attached hydrogens (tertiary/aromatic N) is 5. The van der Waals surface area contributed by atoms with Crippen molar-refractivity contribution >= 4 is 27.6 Å². The molecule has 164 valence electrons. The standard InChI is InChI=1S/C18H18F2N6O4S/c1-4-26(18(27)30-13-7-5-6-11(19)8-13)17-16(22-24-25(17)2)15-14(20)9-12(10-21-15)23-31(3,28)29/h5-10,23H,4H2,1-3H3. The van der Waals surface area contributed by atoms with E-state index < -0.39 is 27.8 Å². The molecule has 2 aromatic heterocycles. The Kier molecular flexibility index (Phi) is 6.15. The Hall–Kier alpha value is -3.61. The highest BCUT2D eigenvalue weighted by atomic mass is 32.2. The molecule has 0 aliphatic carbocycles. The fourth-order valence-electron chi connectivity index (χ4n) is 2.74. The van der Waals surface area contributed by atoms with Gasteiger partial charge < -0.3 is 4.74 Å². The number of amides is 1. The first-order valence-corrected chi connectivity index (χ1v) is 10.8. The van der Waals surface area contributed by atoms with E-state index in [9.17, 15) is 22.0 Å². The number of pyridine rings is 1. The molecule has 0 saturated carbocycles. The highest BCUT2D eigenvalue weighted by Crippen LogP contribution is 2.30. The molecule has 31 heavy (non-hydrogen) atoms. The number of carbonyl (C=O) groups is 1. The summed E-state index contributed by atoms with van der Waals surface area (Å²) in [5.74, 6) is -1.39. The molecule has 0 bridgehead atoms. The Morgan fingerprint density at radius 1 is 1.26 bits per heavy atom. The van der Waals surface area contributed by atoms with Crippen LogP contribution in [0, 0.1) is 11.6 Å². The smallest absolute Gasteiger partial charge is 0.410 e. The van der Waals surface area contributed by atoms with Crippen LogP contribution in [0.15, 0.2) is 36.5 Å². The predicted molar refractivity (Wildman–Crippen MR) is 108 cm³/mol. The molecule has 1 aromatic carbocycles. The first kappa shape index (κ1) is 22.1. The molecule has 1 N–H and O–H groups in total. The molecule has 0 atom stereocenters. The van der Waals surface area contributed by atoms with Crippen LogP contribution in [0.4, 0.5) is 25.1 Å². The Bertz CT molecular complexity index is 1230. The third-order valence-corrected chi connectivity index (χ3v) is 4.57. The first-order valence-electron chi connectivity index (χ1n) is 8.87. The maximum absolute atomic E-state index is 14.7. The average Bonchev–Trinajstić information content (AvgIpc) is 3.02. The number of aromatic nitrogens is 4. The van der Waals surface area contributed by atoms with Crippen molar-refractivity contribution in [3.63, 3.8) is 0 Å². The van der Waals surface area contributed by atoms with Gasteiger partial charge in [-0.1, -0.05) is 11.3 Å². The van der Waals surface area contributed by atoms with Crippen LogP contribution in [-0.4, -0.2) is 47.3 Å². The first-order chi connectivity index (χ1) is 14.6. The number of aryl methyl sites for hydroxylation is 1. The zero-order valence-corrected chi connectivity index (χ0v) is 17.5. The minimum absolute atomic E-state index is 0.0133. The Balaban J connectivity index is 1.96. The van der Waals surface area contributed by atoms with E-state index in [1.165, 1.54) is 29.9 Å². The van der Waals surface area contributed by atoms with Crippen LogP contribution in [0.5, 0.6) is 5.75 Å². The Morgan fingerprint density at radius 2 is 2.00 bits per heavy atom. The minimum Gasteiger partial charge on any atom is -0.410 e. The number of nitrogens with one attached hydrogen (secondary N) is 1. The van der Waals surface area contributed by atoms with Gasteiger partial charge in [-0.3, -0.25) is 9.62 Å². The van der Waals surface area contributed by atoms with E-state index in [0.717, 1.165) is 29.5 Å². The Labute approximate surface area is 176 Å². The third-order valence-electron chi connectivity index (χ3n) is 3.96. The van der Waals surface area contributed by atoms with E-state index in [1.807, 2.05) is 0 Å². The van der Waals surface area contributed by atoms with Gasteiger partial charge in [-0.25, -0.2) is 31.7 Å². The van der Waals surface area contributed by atoms with Crippen molar-refractivity contribution in [2.45, 2.75) is 6.92 Å². The highest BCUT2D eigenvalue weighted by Gasteiger charge is 2.27. The van der Waals surface area contributed by atoms with E-state index in [0.29, 0.717) is 0 Å². The molecule has 0 aliphatic rings. The predicted octanol–water partition coefficient (Wildman–Crippen LogP) is 2.55. The fourth-order valence-corrected chi connectivity index (χ4v) is 3.28. The number of halogens is 2. The molecule has 0 saturated heterocycles. The van der Waals surface area contributed by atoms with E-state index in [2.05, 4.69) is 20.0 Å². The Morgan fingerprint density at radius 3 is 2.61 bits per heavy atom. The van der Waals surface area contributed by atoms with Gasteiger partial charge in [0.15, 0.2) is 17.3 Å². The van der Waals surface area contributed by atoms with Crippen molar-refractivity contribution < 1.29 is 26.7 Å². The highest BCUT2D eigenvalue weighted by molar-refractivity contribution is 7.92. The van der Waals surface area contributed by atoms with Crippen molar-refractivity contribution in [3.05, 3.63) is 48.2 Å². The molecular weight excluding hydrogens is 434 g/mol. The lowest BCUT2D eigenvalue weighted by Gasteiger charge is -2.20. The van der Waals surface area contributed by atoms with Crippen LogP contribution >= 0.6 is 0 Å². The van der Waals surface area contributed by atoms with Gasteiger partial charge in [-0.15, -0.1) is 5.10 Å². The second-order valence-corrected chi connectivity index (χ2v) is 8.13. The SMILES string of the molecule is CCN(C(=O)Oc1cccc(F)c1)c1c(-c2ncc(NS(C)(=O)=O)cc2F)nnn1C. The van der Waals surface area contributed by atoms with E-state index in [-0.39, 0.29) is 35.2 Å². The second-order valence-electron chi connectivity index (χ2n) is 6.38. The molecule has 2 heterocycles. The molecule has 0 fully saturated rings.